The molecule has 1 amide bonds. The topological polar surface area (TPSA) is 138 Å². The molecule has 2 N–H and O–H groups in total. The zero-order valence-electron chi connectivity index (χ0n) is 23.0. The van der Waals surface area contributed by atoms with Crippen LogP contribution in [0, 0.1) is 19.8 Å². The van der Waals surface area contributed by atoms with E-state index >= 15 is 0 Å². The van der Waals surface area contributed by atoms with Crippen molar-refractivity contribution in [1.29, 1.82) is 0 Å². The van der Waals surface area contributed by atoms with Gasteiger partial charge in [0.2, 0.25) is 10.0 Å². The Hall–Kier alpha value is -3.77. The Morgan fingerprint density at radius 3 is 2.49 bits per heavy atom. The number of aryl methyl sites for hydroxylation is 2. The number of H-pyrrole nitrogens is 1. The second kappa shape index (κ2) is 10.6. The molecule has 0 aliphatic heterocycles. The van der Waals surface area contributed by atoms with Crippen molar-refractivity contribution in [2.24, 2.45) is 5.92 Å². The van der Waals surface area contributed by atoms with Gasteiger partial charge in [0.25, 0.3) is 5.91 Å². The standard InChI is InChI=1S/C29H31N5O5S2/c1-16-4-13-23(26-31-29(36)39-32-26)24(14-16)21-9-7-20(8-10-21)17(2)34(15-19-5-6-19)28-30-25(18(3)40-28)27(35)33-41(37,38)22-11-12-22/h4,7-10,13-14,17,19,22H,5-6,11-12,15H2,1-3H3,(H,33,35)(H,31,32,36)/t17-/m1/s1. The van der Waals surface area contributed by atoms with Crippen molar-refractivity contribution < 1.29 is 17.7 Å². The molecule has 2 aromatic carbocycles. The van der Waals surface area contributed by atoms with Crippen LogP contribution in [-0.4, -0.2) is 41.2 Å². The number of carbonyl (C=O) groups excluding carboxylic acids is 1. The molecule has 0 bridgehead atoms. The summed E-state index contributed by atoms with van der Waals surface area (Å²) >= 11 is 1.41. The molecule has 0 radical (unpaired) electrons. The van der Waals surface area contributed by atoms with Gasteiger partial charge in [-0.25, -0.2) is 22.9 Å². The summed E-state index contributed by atoms with van der Waals surface area (Å²) < 4.78 is 31.6. The molecule has 2 heterocycles. The Morgan fingerprint density at radius 1 is 1.12 bits per heavy atom. The number of carbonyl (C=O) groups is 1. The Morgan fingerprint density at radius 2 is 1.85 bits per heavy atom. The monoisotopic (exact) mass is 593 g/mol. The molecule has 0 unspecified atom stereocenters. The number of aromatic amines is 1. The zero-order valence-corrected chi connectivity index (χ0v) is 24.6. The highest BCUT2D eigenvalue weighted by Gasteiger charge is 2.38. The molecule has 0 saturated heterocycles. The number of nitrogens with zero attached hydrogens (tertiary/aromatic N) is 3. The molecule has 4 aromatic rings. The van der Waals surface area contributed by atoms with Crippen LogP contribution in [0.3, 0.4) is 0 Å². The summed E-state index contributed by atoms with van der Waals surface area (Å²) in [6, 6.07) is 14.1. The third-order valence-electron chi connectivity index (χ3n) is 7.64. The quantitative estimate of drug-likeness (QED) is 0.263. The van der Waals surface area contributed by atoms with E-state index in [0.29, 0.717) is 34.6 Å². The van der Waals surface area contributed by atoms with Gasteiger partial charge >= 0.3 is 5.76 Å². The molecule has 1 atom stereocenters. The number of benzene rings is 2. The van der Waals surface area contributed by atoms with Crippen molar-refractivity contribution in [3.8, 4) is 22.5 Å². The summed E-state index contributed by atoms with van der Waals surface area (Å²) in [6.45, 7) is 6.73. The average molecular weight is 594 g/mol. The first-order valence-electron chi connectivity index (χ1n) is 13.7. The van der Waals surface area contributed by atoms with Gasteiger partial charge in [0.15, 0.2) is 11.0 Å². The lowest BCUT2D eigenvalue weighted by atomic mass is 9.95. The lowest BCUT2D eigenvalue weighted by molar-refractivity contribution is 0.0976. The second-order valence-corrected chi connectivity index (χ2v) is 14.1. The van der Waals surface area contributed by atoms with E-state index in [-0.39, 0.29) is 11.7 Å². The fourth-order valence-electron chi connectivity index (χ4n) is 4.91. The molecular formula is C29H31N5O5S2. The number of nitrogens with one attached hydrogen (secondary N) is 2. The minimum Gasteiger partial charge on any atom is -0.341 e. The van der Waals surface area contributed by atoms with E-state index in [2.05, 4.69) is 49.9 Å². The van der Waals surface area contributed by atoms with Gasteiger partial charge < -0.3 is 4.90 Å². The number of rotatable bonds is 10. The summed E-state index contributed by atoms with van der Waals surface area (Å²) in [6.07, 6.45) is 3.47. The van der Waals surface area contributed by atoms with Gasteiger partial charge in [-0.3, -0.25) is 14.3 Å². The van der Waals surface area contributed by atoms with Crippen molar-refractivity contribution in [2.45, 2.75) is 57.7 Å². The smallest absolute Gasteiger partial charge is 0.341 e. The fraction of sp³-hybridized carbons (Fsp3) is 0.379. The molecule has 41 heavy (non-hydrogen) atoms. The van der Waals surface area contributed by atoms with Crippen LogP contribution in [0.2, 0.25) is 0 Å². The summed E-state index contributed by atoms with van der Waals surface area (Å²) in [5, 5.41) is 4.10. The van der Waals surface area contributed by atoms with Gasteiger partial charge in [0.05, 0.1) is 11.3 Å². The van der Waals surface area contributed by atoms with E-state index in [1.54, 1.807) is 6.92 Å². The maximum absolute atomic E-state index is 12.9. The maximum atomic E-state index is 12.9. The van der Waals surface area contributed by atoms with Crippen LogP contribution in [0.25, 0.3) is 22.5 Å². The lowest BCUT2D eigenvalue weighted by Gasteiger charge is -2.29. The van der Waals surface area contributed by atoms with Crippen molar-refractivity contribution >= 4 is 32.4 Å². The van der Waals surface area contributed by atoms with Crippen molar-refractivity contribution in [2.75, 3.05) is 11.4 Å². The summed E-state index contributed by atoms with van der Waals surface area (Å²) in [4.78, 5) is 34.6. The third-order valence-corrected chi connectivity index (χ3v) is 10.5. The van der Waals surface area contributed by atoms with Crippen molar-refractivity contribution in [1.82, 2.24) is 19.8 Å². The Bertz CT molecular complexity index is 1770. The Labute approximate surface area is 241 Å². The van der Waals surface area contributed by atoms with Crippen LogP contribution in [-0.2, 0) is 10.0 Å². The largest absolute Gasteiger partial charge is 0.439 e. The Balaban J connectivity index is 1.27. The number of sulfonamides is 1. The molecule has 2 fully saturated rings. The first-order chi connectivity index (χ1) is 19.6. The predicted molar refractivity (Wildman–Crippen MR) is 157 cm³/mol. The SMILES string of the molecule is Cc1ccc(-c2noc(=O)[nH]2)c(-c2ccc([C@@H](C)N(CC3CC3)c3nc(C(=O)NS(=O)(=O)C4CC4)c(C)s3)cc2)c1. The van der Waals surface area contributed by atoms with Crippen LogP contribution >= 0.6 is 11.3 Å². The number of amides is 1. The normalized spacial score (nSPS) is 16.0. The highest BCUT2D eigenvalue weighted by molar-refractivity contribution is 7.91. The van der Waals surface area contributed by atoms with E-state index in [4.69, 9.17) is 4.52 Å². The number of aromatic nitrogens is 3. The highest BCUT2D eigenvalue weighted by Crippen LogP contribution is 2.39. The molecule has 2 aliphatic rings. The summed E-state index contributed by atoms with van der Waals surface area (Å²) in [7, 11) is -3.66. The van der Waals surface area contributed by atoms with E-state index in [9.17, 15) is 18.0 Å². The third kappa shape index (κ3) is 5.84. The zero-order chi connectivity index (χ0) is 28.9. The number of anilines is 1. The maximum Gasteiger partial charge on any atom is 0.439 e. The van der Waals surface area contributed by atoms with E-state index < -0.39 is 26.9 Å². The highest BCUT2D eigenvalue weighted by atomic mass is 32.2. The van der Waals surface area contributed by atoms with Crippen LogP contribution in [0.1, 0.15) is 65.1 Å². The second-order valence-electron chi connectivity index (χ2n) is 11.0. The van der Waals surface area contributed by atoms with Crippen LogP contribution in [0.4, 0.5) is 5.13 Å². The number of hydrogen-bond donors (Lipinski definition) is 2. The summed E-state index contributed by atoms with van der Waals surface area (Å²) in [5.41, 5.74) is 4.98. The summed E-state index contributed by atoms with van der Waals surface area (Å²) in [5.74, 6) is -0.327. The minimum atomic E-state index is -3.66. The molecule has 2 aliphatic carbocycles. The van der Waals surface area contributed by atoms with Crippen molar-refractivity contribution in [3.63, 3.8) is 0 Å². The first kappa shape index (κ1) is 27.4. The van der Waals surface area contributed by atoms with Gasteiger partial charge in [-0.2, -0.15) is 0 Å². The number of hydrogen-bond acceptors (Lipinski definition) is 9. The van der Waals surface area contributed by atoms with E-state index in [0.717, 1.165) is 47.2 Å². The van der Waals surface area contributed by atoms with E-state index in [1.165, 1.54) is 11.3 Å². The van der Waals surface area contributed by atoms with E-state index in [1.807, 2.05) is 31.2 Å². The molecule has 214 valence electrons. The van der Waals surface area contributed by atoms with Gasteiger partial charge in [-0.15, -0.1) is 11.3 Å². The number of thiazole rings is 1. The first-order valence-corrected chi connectivity index (χ1v) is 16.0. The van der Waals surface area contributed by atoms with Gasteiger partial charge in [-0.05, 0) is 69.1 Å². The fourth-order valence-corrected chi connectivity index (χ4v) is 7.18. The molecular weight excluding hydrogens is 562 g/mol. The van der Waals surface area contributed by atoms with Crippen molar-refractivity contribution in [3.05, 3.63) is 74.7 Å². The predicted octanol–water partition coefficient (Wildman–Crippen LogP) is 4.97. The van der Waals surface area contributed by atoms with Gasteiger partial charge in [0, 0.05) is 17.0 Å². The molecule has 2 aromatic heterocycles. The molecule has 6 rings (SSSR count). The van der Waals surface area contributed by atoms with Crippen LogP contribution < -0.4 is 15.4 Å². The van der Waals surface area contributed by atoms with Gasteiger partial charge in [-0.1, -0.05) is 53.2 Å². The molecule has 0 spiro atoms. The van der Waals surface area contributed by atoms with Crippen LogP contribution in [0.15, 0.2) is 51.8 Å². The lowest BCUT2D eigenvalue weighted by Crippen LogP contribution is -2.34. The van der Waals surface area contributed by atoms with Crippen LogP contribution in [0.5, 0.6) is 0 Å². The van der Waals surface area contributed by atoms with Gasteiger partial charge in [0.1, 0.15) is 5.69 Å². The molecule has 10 nitrogen and oxygen atoms in total. The molecule has 12 heteroatoms. The Kier molecular flexibility index (Phi) is 7.06. The average Bonchev–Trinajstić information content (AvgIpc) is 3.87. The minimum absolute atomic E-state index is 0.0369. The molecule has 2 saturated carbocycles.